The number of fused-ring (bicyclic) bond motifs is 6. The van der Waals surface area contributed by atoms with E-state index in [0.29, 0.717) is 25.8 Å². The first-order chi connectivity index (χ1) is 25.6. The molecule has 2 heterocycles. The molecule has 0 aliphatic heterocycles. The van der Waals surface area contributed by atoms with E-state index in [1.807, 2.05) is 65.5 Å². The highest BCUT2D eigenvalue weighted by Crippen LogP contribution is 2.68. The van der Waals surface area contributed by atoms with Crippen LogP contribution in [-0.4, -0.2) is 44.4 Å². The van der Waals surface area contributed by atoms with Crippen molar-refractivity contribution >= 4 is 29.5 Å². The number of benzene rings is 2. The summed E-state index contributed by atoms with van der Waals surface area (Å²) in [6.45, 7) is 4.66. The summed E-state index contributed by atoms with van der Waals surface area (Å²) in [5, 5.41) is 23.3. The second-order valence-corrected chi connectivity index (χ2v) is 16.5. The fraction of sp³-hybridized carbons (Fsp3) is 0.442. The Kier molecular flexibility index (Phi) is 8.03. The molecule has 5 aliphatic carbocycles. The van der Waals surface area contributed by atoms with Crippen molar-refractivity contribution in [3.63, 3.8) is 0 Å². The van der Waals surface area contributed by atoms with Crippen LogP contribution in [0.25, 0.3) is 11.8 Å². The van der Waals surface area contributed by atoms with Gasteiger partial charge in [0, 0.05) is 23.6 Å². The normalized spacial score (nSPS) is 31.3. The third-order valence-electron chi connectivity index (χ3n) is 13.5. The van der Waals surface area contributed by atoms with Gasteiger partial charge in [0.15, 0.2) is 5.60 Å². The standard InChI is InChI=1S/C43H46N4O6/c1-41-22-28-25-45-47(31-15-13-30(14-16-31)46-38(49)27-10-11-27)34(28)21-29(41)12-17-32-33-18-19-43(42(33,2)23-35(48)37(32)41,53-39(50)36-9-6-20-52-36)40(51)44-24-26-7-4-3-5-8-26/h3-9,13-16,20-21,25,27,32-33,35,37,48H,10-12,17-19,22-24H2,1-2H3,(H,44,51)(H,46,49)/t32?,33?,35?,37?,41-,42-,43-/m0/s1. The first-order valence-corrected chi connectivity index (χ1v) is 19.1. The van der Waals surface area contributed by atoms with E-state index >= 15 is 0 Å². The molecule has 3 N–H and O–H groups in total. The van der Waals surface area contributed by atoms with Gasteiger partial charge in [-0.1, -0.05) is 49.8 Å². The van der Waals surface area contributed by atoms with Crippen molar-refractivity contribution in [1.82, 2.24) is 15.1 Å². The van der Waals surface area contributed by atoms with E-state index in [-0.39, 0.29) is 46.7 Å². The van der Waals surface area contributed by atoms with Crippen molar-refractivity contribution in [1.29, 1.82) is 0 Å². The number of hydrogen-bond acceptors (Lipinski definition) is 7. The van der Waals surface area contributed by atoms with Gasteiger partial charge in [-0.3, -0.25) is 9.59 Å². The number of ether oxygens (including phenoxy) is 1. The molecule has 4 aromatic rings. The maximum absolute atomic E-state index is 14.5. The van der Waals surface area contributed by atoms with Crippen LogP contribution in [-0.2, 0) is 27.3 Å². The van der Waals surface area contributed by atoms with Crippen LogP contribution in [0.15, 0.2) is 89.2 Å². The Bertz CT molecular complexity index is 2090. The third-order valence-corrected chi connectivity index (χ3v) is 13.5. The number of hydrogen-bond donors (Lipinski definition) is 3. The summed E-state index contributed by atoms with van der Waals surface area (Å²) >= 11 is 0. The number of nitrogens with zero attached hydrogens (tertiary/aromatic N) is 2. The molecule has 0 radical (unpaired) electrons. The van der Waals surface area contributed by atoms with Crippen molar-refractivity contribution in [2.75, 3.05) is 5.32 Å². The van der Waals surface area contributed by atoms with E-state index in [2.05, 4.69) is 30.6 Å². The van der Waals surface area contributed by atoms with Crippen molar-refractivity contribution in [2.24, 2.45) is 34.5 Å². The molecule has 5 aliphatic rings. The Morgan fingerprint density at radius 3 is 2.53 bits per heavy atom. The summed E-state index contributed by atoms with van der Waals surface area (Å²) in [6, 6.07) is 20.7. The van der Waals surface area contributed by atoms with E-state index in [4.69, 9.17) is 14.3 Å². The molecule has 0 saturated heterocycles. The maximum atomic E-state index is 14.5. The number of carbonyl (C=O) groups is 3. The van der Waals surface area contributed by atoms with Crippen LogP contribution in [0.4, 0.5) is 5.69 Å². The molecule has 4 fully saturated rings. The van der Waals surface area contributed by atoms with Gasteiger partial charge in [0.2, 0.25) is 11.7 Å². The number of aliphatic hydroxyl groups excluding tert-OH is 1. The summed E-state index contributed by atoms with van der Waals surface area (Å²) in [5.41, 5.74) is 3.60. The molecule has 0 bridgehead atoms. The lowest BCUT2D eigenvalue weighted by Crippen LogP contribution is -2.64. The van der Waals surface area contributed by atoms with E-state index in [1.165, 1.54) is 11.8 Å². The molecule has 7 atom stereocenters. The van der Waals surface area contributed by atoms with Gasteiger partial charge in [0.1, 0.15) is 0 Å². The predicted octanol–water partition coefficient (Wildman–Crippen LogP) is 6.88. The minimum Gasteiger partial charge on any atom is -0.457 e. The molecule has 0 spiro atoms. The van der Waals surface area contributed by atoms with Gasteiger partial charge in [-0.25, -0.2) is 9.48 Å². The highest BCUT2D eigenvalue weighted by atomic mass is 16.6. The predicted molar refractivity (Wildman–Crippen MR) is 198 cm³/mol. The number of anilines is 1. The SMILES string of the molecule is C[C@]12Cc3cnn(-c4ccc(NC(=O)C5CC5)cc4)c3C=C1CCC1C2C(O)C[C@@]2(C)C1CC[C@]2(OC(=O)c1ccco1)C(=O)NCc1ccccc1. The average Bonchev–Trinajstić information content (AvgIpc) is 3.57. The Morgan fingerprint density at radius 2 is 1.79 bits per heavy atom. The number of allylic oxidation sites excluding steroid dienone is 1. The smallest absolute Gasteiger partial charge is 0.375 e. The molecule has 2 amide bonds. The molecular formula is C43H46N4O6. The number of amides is 2. The number of esters is 1. The Hall–Kier alpha value is -4.96. The zero-order valence-corrected chi connectivity index (χ0v) is 30.2. The molecule has 10 nitrogen and oxygen atoms in total. The van der Waals surface area contributed by atoms with Crippen LogP contribution < -0.4 is 10.6 Å². The molecule has 2 aromatic heterocycles. The average molecular weight is 715 g/mol. The largest absolute Gasteiger partial charge is 0.457 e. The van der Waals surface area contributed by atoms with Crippen LogP contribution >= 0.6 is 0 Å². The van der Waals surface area contributed by atoms with Gasteiger partial charge in [0.25, 0.3) is 5.91 Å². The van der Waals surface area contributed by atoms with Gasteiger partial charge in [-0.15, -0.1) is 0 Å². The Morgan fingerprint density at radius 1 is 1.00 bits per heavy atom. The number of rotatable bonds is 8. The highest BCUT2D eigenvalue weighted by molar-refractivity contribution is 5.94. The zero-order valence-electron chi connectivity index (χ0n) is 30.2. The van der Waals surface area contributed by atoms with Gasteiger partial charge in [0.05, 0.1) is 29.9 Å². The molecule has 274 valence electrons. The Balaban J connectivity index is 0.994. The molecule has 53 heavy (non-hydrogen) atoms. The topological polar surface area (TPSA) is 136 Å². The van der Waals surface area contributed by atoms with E-state index < -0.39 is 23.1 Å². The fourth-order valence-corrected chi connectivity index (χ4v) is 10.8. The molecule has 2 aromatic carbocycles. The van der Waals surface area contributed by atoms with Crippen LogP contribution in [0, 0.1) is 34.5 Å². The number of aliphatic hydroxyl groups is 1. The monoisotopic (exact) mass is 714 g/mol. The molecule has 4 unspecified atom stereocenters. The summed E-state index contributed by atoms with van der Waals surface area (Å²) in [4.78, 5) is 40.3. The van der Waals surface area contributed by atoms with Gasteiger partial charge >= 0.3 is 5.97 Å². The van der Waals surface area contributed by atoms with E-state index in [0.717, 1.165) is 60.3 Å². The Labute approximate surface area is 309 Å². The van der Waals surface area contributed by atoms with E-state index in [9.17, 15) is 19.5 Å². The number of aromatic nitrogens is 2. The molecule has 10 heteroatoms. The van der Waals surface area contributed by atoms with Crippen molar-refractivity contribution < 1.29 is 28.6 Å². The highest BCUT2D eigenvalue weighted by Gasteiger charge is 2.71. The first-order valence-electron chi connectivity index (χ1n) is 19.1. The van der Waals surface area contributed by atoms with Gasteiger partial charge in [-0.05, 0) is 128 Å². The summed E-state index contributed by atoms with van der Waals surface area (Å²) < 4.78 is 13.7. The van der Waals surface area contributed by atoms with Gasteiger partial charge in [-0.2, -0.15) is 5.10 Å². The van der Waals surface area contributed by atoms with Crippen molar-refractivity contribution in [3.8, 4) is 5.69 Å². The lowest BCUT2D eigenvalue weighted by atomic mass is 9.45. The molecule has 4 saturated carbocycles. The number of carbonyl (C=O) groups excluding carboxylic acids is 3. The lowest BCUT2D eigenvalue weighted by Gasteiger charge is -2.60. The fourth-order valence-electron chi connectivity index (χ4n) is 10.8. The lowest BCUT2D eigenvalue weighted by molar-refractivity contribution is -0.182. The van der Waals surface area contributed by atoms with Gasteiger partial charge < -0.3 is 24.9 Å². The second kappa shape index (κ2) is 12.6. The first kappa shape index (κ1) is 33.8. The van der Waals surface area contributed by atoms with Crippen LogP contribution in [0.3, 0.4) is 0 Å². The number of furan rings is 1. The van der Waals surface area contributed by atoms with Crippen molar-refractivity contribution in [2.45, 2.75) is 83.5 Å². The summed E-state index contributed by atoms with van der Waals surface area (Å²) in [7, 11) is 0. The number of nitrogens with one attached hydrogen (secondary N) is 2. The quantitative estimate of drug-likeness (QED) is 0.169. The minimum absolute atomic E-state index is 0.0320. The van der Waals surface area contributed by atoms with Crippen LogP contribution in [0.5, 0.6) is 0 Å². The second-order valence-electron chi connectivity index (χ2n) is 16.5. The van der Waals surface area contributed by atoms with Crippen LogP contribution in [0.2, 0.25) is 0 Å². The zero-order chi connectivity index (χ0) is 36.5. The summed E-state index contributed by atoms with van der Waals surface area (Å²) in [6.07, 6.45) is 10.8. The third kappa shape index (κ3) is 5.47. The molecule has 9 rings (SSSR count). The maximum Gasteiger partial charge on any atom is 0.375 e. The summed E-state index contributed by atoms with van der Waals surface area (Å²) in [5.74, 6) is -0.552. The molecular weight excluding hydrogens is 668 g/mol. The van der Waals surface area contributed by atoms with E-state index in [1.54, 1.807) is 12.1 Å². The minimum atomic E-state index is -1.48. The van der Waals surface area contributed by atoms with Crippen molar-refractivity contribution in [3.05, 3.63) is 107 Å². The van der Waals surface area contributed by atoms with Crippen LogP contribution in [0.1, 0.15) is 86.2 Å².